The zero-order chi connectivity index (χ0) is 15.0. The van der Waals surface area contributed by atoms with E-state index in [9.17, 15) is 5.11 Å². The van der Waals surface area contributed by atoms with Gasteiger partial charge in [0.15, 0.2) is 0 Å². The lowest BCUT2D eigenvalue weighted by Crippen LogP contribution is -2.30. The van der Waals surface area contributed by atoms with Crippen LogP contribution in [0.4, 0.5) is 0 Å². The molecule has 4 heteroatoms. The first-order valence-electron chi connectivity index (χ1n) is 7.04. The monoisotopic (exact) mass is 297 g/mol. The smallest absolute Gasteiger partial charge is 0.0758 e. The molecule has 0 spiro atoms. The number of hydrogen-bond donors (Lipinski definition) is 2. The van der Waals surface area contributed by atoms with E-state index in [1.165, 1.54) is 10.5 Å². The molecule has 1 rings (SSSR count). The van der Waals surface area contributed by atoms with E-state index in [2.05, 4.69) is 50.4 Å². The highest BCUT2D eigenvalue weighted by Gasteiger charge is 2.13. The zero-order valence-corrected chi connectivity index (χ0v) is 13.8. The molecule has 0 bridgehead atoms. The summed E-state index contributed by atoms with van der Waals surface area (Å²) < 4.78 is 4.94. The fourth-order valence-electron chi connectivity index (χ4n) is 1.75. The molecule has 0 aliphatic rings. The molecule has 1 atom stereocenters. The molecule has 0 radical (unpaired) electrons. The first kappa shape index (κ1) is 17.5. The Morgan fingerprint density at radius 1 is 1.25 bits per heavy atom. The van der Waals surface area contributed by atoms with E-state index in [0.29, 0.717) is 18.9 Å². The minimum atomic E-state index is -0.334. The van der Waals surface area contributed by atoms with Crippen molar-refractivity contribution in [1.29, 1.82) is 0 Å². The number of hydrogen-bond acceptors (Lipinski definition) is 4. The topological polar surface area (TPSA) is 41.5 Å². The van der Waals surface area contributed by atoms with Gasteiger partial charge in [0.25, 0.3) is 0 Å². The Hall–Kier alpha value is -0.550. The number of rotatable bonds is 8. The summed E-state index contributed by atoms with van der Waals surface area (Å²) in [5.41, 5.74) is 1.53. The number of ether oxygens (including phenoxy) is 1. The Balaban J connectivity index is 2.31. The Morgan fingerprint density at radius 2 is 1.90 bits per heavy atom. The van der Waals surface area contributed by atoms with Crippen LogP contribution in [0.5, 0.6) is 0 Å². The van der Waals surface area contributed by atoms with Crippen LogP contribution in [0, 0.1) is 0 Å². The fourth-order valence-corrected chi connectivity index (χ4v) is 2.58. The van der Waals surface area contributed by atoms with Crippen LogP contribution in [0.15, 0.2) is 29.2 Å². The summed E-state index contributed by atoms with van der Waals surface area (Å²) in [6.07, 6.45) is -0.334. The summed E-state index contributed by atoms with van der Waals surface area (Å²) in [5, 5.41) is 13.0. The van der Waals surface area contributed by atoms with E-state index in [0.717, 1.165) is 6.54 Å². The summed E-state index contributed by atoms with van der Waals surface area (Å²) in [4.78, 5) is 1.20. The van der Waals surface area contributed by atoms with Crippen molar-refractivity contribution >= 4 is 11.8 Å². The molecule has 0 saturated carbocycles. The van der Waals surface area contributed by atoms with Crippen molar-refractivity contribution < 1.29 is 9.84 Å². The maximum absolute atomic E-state index is 9.87. The lowest BCUT2D eigenvalue weighted by Gasteiger charge is -2.19. The van der Waals surface area contributed by atoms with Gasteiger partial charge in [0.1, 0.15) is 0 Å². The molecule has 0 aromatic heterocycles. The van der Waals surface area contributed by atoms with Crippen molar-refractivity contribution in [2.45, 2.75) is 37.2 Å². The average molecular weight is 297 g/mol. The molecule has 0 heterocycles. The van der Waals surface area contributed by atoms with Crippen LogP contribution in [-0.2, 0) is 10.2 Å². The van der Waals surface area contributed by atoms with E-state index < -0.39 is 0 Å². The van der Waals surface area contributed by atoms with Crippen LogP contribution in [0.3, 0.4) is 0 Å². The van der Waals surface area contributed by atoms with Gasteiger partial charge < -0.3 is 15.2 Å². The van der Waals surface area contributed by atoms with Crippen LogP contribution in [0.2, 0.25) is 0 Å². The van der Waals surface area contributed by atoms with Crippen molar-refractivity contribution in [3.8, 4) is 0 Å². The van der Waals surface area contributed by atoms with E-state index in [1.54, 1.807) is 18.9 Å². The maximum Gasteiger partial charge on any atom is 0.0758 e. The van der Waals surface area contributed by atoms with Gasteiger partial charge in [0, 0.05) is 30.8 Å². The molecule has 0 aliphatic heterocycles. The normalized spacial score (nSPS) is 13.4. The van der Waals surface area contributed by atoms with Gasteiger partial charge in [-0.25, -0.2) is 0 Å². The number of benzene rings is 1. The SMILES string of the molecule is COCCNCC(O)CSc1ccc(C(C)(C)C)cc1. The Labute approximate surface area is 127 Å². The predicted molar refractivity (Wildman–Crippen MR) is 86.6 cm³/mol. The Morgan fingerprint density at radius 3 is 2.45 bits per heavy atom. The quantitative estimate of drug-likeness (QED) is 0.572. The highest BCUT2D eigenvalue weighted by molar-refractivity contribution is 7.99. The second-order valence-electron chi connectivity index (χ2n) is 5.94. The van der Waals surface area contributed by atoms with Crippen LogP contribution in [0.1, 0.15) is 26.3 Å². The first-order valence-corrected chi connectivity index (χ1v) is 8.03. The average Bonchev–Trinajstić information content (AvgIpc) is 2.41. The first-order chi connectivity index (χ1) is 9.43. The molecule has 0 fully saturated rings. The molecule has 3 nitrogen and oxygen atoms in total. The molecule has 20 heavy (non-hydrogen) atoms. The molecule has 0 amide bonds. The fraction of sp³-hybridized carbons (Fsp3) is 0.625. The number of aliphatic hydroxyl groups excluding tert-OH is 1. The number of nitrogens with one attached hydrogen (secondary N) is 1. The lowest BCUT2D eigenvalue weighted by molar-refractivity contribution is 0.175. The third kappa shape index (κ3) is 6.75. The minimum Gasteiger partial charge on any atom is -0.391 e. The minimum absolute atomic E-state index is 0.188. The van der Waals surface area contributed by atoms with Crippen molar-refractivity contribution in [3.63, 3.8) is 0 Å². The van der Waals surface area contributed by atoms with Crippen molar-refractivity contribution in [2.75, 3.05) is 32.6 Å². The van der Waals surface area contributed by atoms with Crippen LogP contribution >= 0.6 is 11.8 Å². The predicted octanol–water partition coefficient (Wildman–Crippen LogP) is 2.67. The van der Waals surface area contributed by atoms with Gasteiger partial charge in [0.05, 0.1) is 12.7 Å². The van der Waals surface area contributed by atoms with E-state index in [4.69, 9.17) is 4.74 Å². The number of thioether (sulfide) groups is 1. The second-order valence-corrected chi connectivity index (χ2v) is 7.03. The van der Waals surface area contributed by atoms with E-state index >= 15 is 0 Å². The highest BCUT2D eigenvalue weighted by atomic mass is 32.2. The lowest BCUT2D eigenvalue weighted by atomic mass is 9.87. The molecule has 2 N–H and O–H groups in total. The second kappa shape index (κ2) is 8.67. The van der Waals surface area contributed by atoms with Crippen LogP contribution in [-0.4, -0.2) is 43.8 Å². The van der Waals surface area contributed by atoms with Crippen molar-refractivity contribution in [2.24, 2.45) is 0 Å². The summed E-state index contributed by atoms with van der Waals surface area (Å²) in [6, 6.07) is 8.61. The van der Waals surface area contributed by atoms with Gasteiger partial charge in [-0.3, -0.25) is 0 Å². The molecule has 1 aromatic rings. The molecule has 0 saturated heterocycles. The Bertz CT molecular complexity index is 373. The van der Waals surface area contributed by atoms with E-state index in [-0.39, 0.29) is 11.5 Å². The number of methoxy groups -OCH3 is 1. The van der Waals surface area contributed by atoms with Crippen LogP contribution in [0.25, 0.3) is 0 Å². The van der Waals surface area contributed by atoms with Gasteiger partial charge in [-0.1, -0.05) is 32.9 Å². The summed E-state index contributed by atoms with van der Waals surface area (Å²) >= 11 is 1.69. The van der Waals surface area contributed by atoms with Gasteiger partial charge in [0.2, 0.25) is 0 Å². The third-order valence-electron chi connectivity index (χ3n) is 3.03. The summed E-state index contributed by atoms with van der Waals surface area (Å²) in [5.74, 6) is 0.703. The van der Waals surface area contributed by atoms with E-state index in [1.807, 2.05) is 0 Å². The van der Waals surface area contributed by atoms with Gasteiger partial charge in [-0.2, -0.15) is 0 Å². The van der Waals surface area contributed by atoms with Crippen LogP contribution < -0.4 is 5.32 Å². The van der Waals surface area contributed by atoms with Crippen molar-refractivity contribution in [3.05, 3.63) is 29.8 Å². The zero-order valence-electron chi connectivity index (χ0n) is 13.0. The largest absolute Gasteiger partial charge is 0.391 e. The highest BCUT2D eigenvalue weighted by Crippen LogP contribution is 2.25. The molecular formula is C16H27NO2S. The third-order valence-corrected chi connectivity index (χ3v) is 4.18. The Kier molecular flexibility index (Phi) is 7.59. The summed E-state index contributed by atoms with van der Waals surface area (Å²) in [6.45, 7) is 8.70. The van der Waals surface area contributed by atoms with Gasteiger partial charge in [-0.15, -0.1) is 11.8 Å². The van der Waals surface area contributed by atoms with Gasteiger partial charge in [-0.05, 0) is 23.1 Å². The number of aliphatic hydroxyl groups is 1. The standard InChI is InChI=1S/C16H27NO2S/c1-16(2,3)13-5-7-15(8-6-13)20-12-14(18)11-17-9-10-19-4/h5-8,14,17-18H,9-12H2,1-4H3. The molecular weight excluding hydrogens is 270 g/mol. The van der Waals surface area contributed by atoms with Gasteiger partial charge >= 0.3 is 0 Å². The molecule has 1 aromatic carbocycles. The molecule has 1 unspecified atom stereocenters. The molecule has 0 aliphatic carbocycles. The van der Waals surface area contributed by atoms with Crippen molar-refractivity contribution in [1.82, 2.24) is 5.32 Å². The summed E-state index contributed by atoms with van der Waals surface area (Å²) in [7, 11) is 1.68. The molecule has 114 valence electrons. The maximum atomic E-state index is 9.87.